The molecule has 0 aromatic carbocycles. The number of ether oxygens (including phenoxy) is 1. The summed E-state index contributed by atoms with van der Waals surface area (Å²) in [5.74, 6) is 0.674. The average Bonchev–Trinajstić information content (AvgIpc) is 3.29. The van der Waals surface area contributed by atoms with E-state index < -0.39 is 0 Å². The molecule has 0 aliphatic carbocycles. The molecular formula is C21H21N7O2. The molecule has 0 amide bonds. The number of aromatic nitrogens is 5. The minimum Gasteiger partial charge on any atom is -0.494 e. The van der Waals surface area contributed by atoms with Crippen LogP contribution in [0.4, 0.5) is 11.4 Å². The Labute approximate surface area is 172 Å². The van der Waals surface area contributed by atoms with Gasteiger partial charge in [0.25, 0.3) is 0 Å². The summed E-state index contributed by atoms with van der Waals surface area (Å²) >= 11 is 0. The summed E-state index contributed by atoms with van der Waals surface area (Å²) in [7, 11) is 1.84. The van der Waals surface area contributed by atoms with Crippen LogP contribution < -0.4 is 10.1 Å². The molecule has 152 valence electrons. The van der Waals surface area contributed by atoms with Crippen molar-refractivity contribution in [3.63, 3.8) is 0 Å². The lowest BCUT2D eigenvalue weighted by molar-refractivity contribution is 0.310. The third-order valence-electron chi connectivity index (χ3n) is 5.24. The summed E-state index contributed by atoms with van der Waals surface area (Å²) in [5.41, 5.74) is 6.36. The van der Waals surface area contributed by atoms with Gasteiger partial charge in [0, 0.05) is 30.7 Å². The molecule has 0 saturated carbocycles. The van der Waals surface area contributed by atoms with Crippen LogP contribution in [0.15, 0.2) is 35.8 Å². The van der Waals surface area contributed by atoms with E-state index in [2.05, 4.69) is 30.4 Å². The van der Waals surface area contributed by atoms with E-state index in [-0.39, 0.29) is 5.88 Å². The summed E-state index contributed by atoms with van der Waals surface area (Å²) in [6, 6.07) is 1.95. The van der Waals surface area contributed by atoms with Crippen LogP contribution in [0.25, 0.3) is 22.2 Å². The van der Waals surface area contributed by atoms with Crippen molar-refractivity contribution in [1.29, 1.82) is 0 Å². The predicted octanol–water partition coefficient (Wildman–Crippen LogP) is 3.32. The van der Waals surface area contributed by atoms with Crippen LogP contribution in [0.3, 0.4) is 0 Å². The predicted molar refractivity (Wildman–Crippen MR) is 115 cm³/mol. The molecule has 30 heavy (non-hydrogen) atoms. The van der Waals surface area contributed by atoms with Crippen LogP contribution in [0.5, 0.6) is 11.8 Å². The second kappa shape index (κ2) is 6.87. The van der Waals surface area contributed by atoms with Gasteiger partial charge < -0.3 is 20.1 Å². The van der Waals surface area contributed by atoms with E-state index in [9.17, 15) is 5.11 Å². The van der Waals surface area contributed by atoms with Gasteiger partial charge in [-0.15, -0.1) is 0 Å². The Kier molecular flexibility index (Phi) is 4.16. The van der Waals surface area contributed by atoms with Crippen LogP contribution >= 0.6 is 0 Å². The number of nitrogens with zero attached hydrogens (tertiary/aromatic N) is 5. The largest absolute Gasteiger partial charge is 0.494 e. The van der Waals surface area contributed by atoms with Gasteiger partial charge in [-0.2, -0.15) is 5.10 Å². The highest BCUT2D eigenvalue weighted by molar-refractivity contribution is 6.13. The second-order valence-electron chi connectivity index (χ2n) is 7.29. The number of aryl methyl sites for hydroxylation is 1. The second-order valence-corrected chi connectivity index (χ2v) is 7.29. The third-order valence-corrected chi connectivity index (χ3v) is 5.24. The van der Waals surface area contributed by atoms with Crippen molar-refractivity contribution >= 4 is 28.0 Å². The fourth-order valence-corrected chi connectivity index (χ4v) is 3.79. The number of rotatable bonds is 3. The maximum absolute atomic E-state index is 10.5. The van der Waals surface area contributed by atoms with E-state index in [0.717, 1.165) is 45.6 Å². The third kappa shape index (κ3) is 2.95. The topological polar surface area (TPSA) is 113 Å². The van der Waals surface area contributed by atoms with Crippen molar-refractivity contribution in [2.75, 3.05) is 18.5 Å². The summed E-state index contributed by atoms with van der Waals surface area (Å²) in [5, 5.41) is 18.9. The summed E-state index contributed by atoms with van der Waals surface area (Å²) in [6.07, 6.45) is 6.99. The number of fused-ring (bicyclic) bond motifs is 2. The quantitative estimate of drug-likeness (QED) is 0.452. The number of aromatic hydroxyl groups is 1. The van der Waals surface area contributed by atoms with Crippen LogP contribution in [0, 0.1) is 6.92 Å². The van der Waals surface area contributed by atoms with E-state index in [1.807, 2.05) is 33.2 Å². The number of hydrogen-bond acceptors (Lipinski definition) is 7. The van der Waals surface area contributed by atoms with Gasteiger partial charge in [-0.25, -0.2) is 9.98 Å². The molecule has 0 unspecified atom stereocenters. The first-order valence-corrected chi connectivity index (χ1v) is 9.63. The summed E-state index contributed by atoms with van der Waals surface area (Å²) in [4.78, 5) is 16.6. The van der Waals surface area contributed by atoms with E-state index in [1.54, 1.807) is 23.3 Å². The fraction of sp³-hybridized carbons (Fsp3) is 0.238. The van der Waals surface area contributed by atoms with Gasteiger partial charge in [0.15, 0.2) is 5.88 Å². The van der Waals surface area contributed by atoms with Crippen molar-refractivity contribution in [3.05, 3.63) is 42.0 Å². The van der Waals surface area contributed by atoms with Gasteiger partial charge in [0.05, 0.1) is 41.1 Å². The molecule has 9 nitrogen and oxygen atoms in total. The van der Waals surface area contributed by atoms with Crippen molar-refractivity contribution in [3.8, 4) is 23.0 Å². The molecule has 4 aromatic rings. The molecule has 0 spiro atoms. The highest BCUT2D eigenvalue weighted by Crippen LogP contribution is 2.36. The van der Waals surface area contributed by atoms with Gasteiger partial charge in [-0.05, 0) is 25.5 Å². The number of H-pyrrole nitrogens is 1. The number of nitrogens with one attached hydrogen (secondary N) is 2. The fourth-order valence-electron chi connectivity index (χ4n) is 3.79. The van der Waals surface area contributed by atoms with Crippen molar-refractivity contribution in [2.24, 2.45) is 12.0 Å². The Hall–Kier alpha value is -3.88. The Morgan fingerprint density at radius 1 is 1.27 bits per heavy atom. The highest BCUT2D eigenvalue weighted by atomic mass is 16.5. The smallest absolute Gasteiger partial charge is 0.237 e. The first kappa shape index (κ1) is 18.2. The molecule has 0 radical (unpaired) electrons. The zero-order valence-electron chi connectivity index (χ0n) is 16.9. The lowest BCUT2D eigenvalue weighted by atomic mass is 10.0. The molecule has 4 aromatic heterocycles. The van der Waals surface area contributed by atoms with Crippen molar-refractivity contribution in [1.82, 2.24) is 24.7 Å². The molecule has 0 saturated heterocycles. The minimum atomic E-state index is 0.0597. The zero-order valence-corrected chi connectivity index (χ0v) is 16.9. The van der Waals surface area contributed by atoms with E-state index in [1.165, 1.54) is 0 Å². The Morgan fingerprint density at radius 3 is 2.93 bits per heavy atom. The normalized spacial score (nSPS) is 13.8. The minimum absolute atomic E-state index is 0.0597. The molecule has 5 rings (SSSR count). The summed E-state index contributed by atoms with van der Waals surface area (Å²) in [6.45, 7) is 5.23. The van der Waals surface area contributed by atoms with Crippen LogP contribution in [-0.2, 0) is 7.05 Å². The molecule has 1 aliphatic rings. The van der Waals surface area contributed by atoms with Gasteiger partial charge in [0.1, 0.15) is 18.0 Å². The van der Waals surface area contributed by atoms with E-state index in [0.29, 0.717) is 23.8 Å². The number of aliphatic imine (C=N–C) groups is 1. The maximum atomic E-state index is 10.5. The van der Waals surface area contributed by atoms with E-state index >= 15 is 0 Å². The van der Waals surface area contributed by atoms with E-state index in [4.69, 9.17) is 4.74 Å². The first-order chi connectivity index (χ1) is 14.5. The van der Waals surface area contributed by atoms with Gasteiger partial charge in [-0.3, -0.25) is 9.67 Å². The number of anilines is 1. The van der Waals surface area contributed by atoms with Crippen LogP contribution in [-0.4, -0.2) is 48.7 Å². The summed E-state index contributed by atoms with van der Waals surface area (Å²) < 4.78 is 7.31. The van der Waals surface area contributed by atoms with Crippen molar-refractivity contribution < 1.29 is 9.84 Å². The SMILES string of the molecule is CC(=Nc1cnn(C)c1)c1c(O)[nH]c2cnc(-c3cnc4c(c3C)NCCO4)cc12. The van der Waals surface area contributed by atoms with Crippen molar-refractivity contribution in [2.45, 2.75) is 13.8 Å². The molecular weight excluding hydrogens is 382 g/mol. The first-order valence-electron chi connectivity index (χ1n) is 9.63. The Balaban J connectivity index is 1.63. The number of aromatic amines is 1. The van der Waals surface area contributed by atoms with Gasteiger partial charge in [-0.1, -0.05) is 0 Å². The molecule has 0 bridgehead atoms. The zero-order chi connectivity index (χ0) is 20.8. The average molecular weight is 403 g/mol. The standard InChI is InChI=1S/C21H21N7O2/c1-11-15(8-24-21-19(11)22-4-5-30-21)16-6-14-17(9-23-16)27-20(29)18(14)12(2)26-13-7-25-28(3)10-13/h6-10,22,27,29H,4-5H2,1-3H3. The van der Waals surface area contributed by atoms with Gasteiger partial charge in [0.2, 0.25) is 5.88 Å². The van der Waals surface area contributed by atoms with Crippen LogP contribution in [0.2, 0.25) is 0 Å². The molecule has 3 N–H and O–H groups in total. The number of pyridine rings is 2. The Morgan fingerprint density at radius 2 is 2.13 bits per heavy atom. The lowest BCUT2D eigenvalue weighted by Gasteiger charge is -2.21. The van der Waals surface area contributed by atoms with Gasteiger partial charge >= 0.3 is 0 Å². The molecule has 0 fully saturated rings. The van der Waals surface area contributed by atoms with Crippen LogP contribution in [0.1, 0.15) is 18.1 Å². The Bertz CT molecular complexity index is 1300. The molecule has 1 aliphatic heterocycles. The lowest BCUT2D eigenvalue weighted by Crippen LogP contribution is -2.20. The highest BCUT2D eigenvalue weighted by Gasteiger charge is 2.20. The number of hydrogen-bond donors (Lipinski definition) is 3. The molecule has 9 heteroatoms. The molecule has 5 heterocycles. The maximum Gasteiger partial charge on any atom is 0.237 e. The monoisotopic (exact) mass is 403 g/mol. The molecule has 0 atom stereocenters.